The van der Waals surface area contributed by atoms with Crippen molar-refractivity contribution in [2.45, 2.75) is 22.8 Å². The first kappa shape index (κ1) is 16.0. The molecule has 1 aromatic carbocycles. The maximum atomic E-state index is 12.0. The van der Waals surface area contributed by atoms with Crippen molar-refractivity contribution in [1.82, 2.24) is 5.32 Å². The number of thioether (sulfide) groups is 2. The summed E-state index contributed by atoms with van der Waals surface area (Å²) in [5.74, 6) is 2.79. The largest absolute Gasteiger partial charge is 0.468 e. The number of carbonyl (C=O) groups excluding carboxylic acids is 1. The smallest absolute Gasteiger partial charge is 0.233 e. The lowest BCUT2D eigenvalue weighted by Crippen LogP contribution is -2.32. The molecule has 1 amide bonds. The first-order valence-electron chi connectivity index (χ1n) is 6.85. The highest BCUT2D eigenvalue weighted by Gasteiger charge is 2.13. The molecule has 3 nitrogen and oxygen atoms in total. The number of amides is 1. The SMILES string of the molecule is C[C@H](Sc1ccccc1)C(=O)NCCSCc1ccco1. The molecule has 0 bridgehead atoms. The Morgan fingerprint density at radius 1 is 1.24 bits per heavy atom. The number of hydrogen-bond donors (Lipinski definition) is 1. The van der Waals surface area contributed by atoms with Gasteiger partial charge in [-0.15, -0.1) is 11.8 Å². The van der Waals surface area contributed by atoms with Gasteiger partial charge < -0.3 is 9.73 Å². The summed E-state index contributed by atoms with van der Waals surface area (Å²) in [6, 6.07) is 13.8. The predicted octanol–water partition coefficient (Wildman–Crippen LogP) is 3.81. The van der Waals surface area contributed by atoms with Gasteiger partial charge in [0.2, 0.25) is 5.91 Å². The molecule has 0 saturated carbocycles. The number of benzene rings is 1. The molecule has 0 aliphatic rings. The number of furan rings is 1. The van der Waals surface area contributed by atoms with Gasteiger partial charge in [0.1, 0.15) is 5.76 Å². The van der Waals surface area contributed by atoms with Crippen molar-refractivity contribution in [3.8, 4) is 0 Å². The number of carbonyl (C=O) groups is 1. The summed E-state index contributed by atoms with van der Waals surface area (Å²) < 4.78 is 5.25. The number of hydrogen-bond acceptors (Lipinski definition) is 4. The van der Waals surface area contributed by atoms with Gasteiger partial charge in [-0.25, -0.2) is 0 Å². The van der Waals surface area contributed by atoms with Crippen molar-refractivity contribution in [3.05, 3.63) is 54.5 Å². The highest BCUT2D eigenvalue weighted by atomic mass is 32.2. The topological polar surface area (TPSA) is 42.2 Å². The fourth-order valence-electron chi connectivity index (χ4n) is 1.71. The molecule has 1 aromatic heterocycles. The van der Waals surface area contributed by atoms with Gasteiger partial charge in [0.25, 0.3) is 0 Å². The fourth-order valence-corrected chi connectivity index (χ4v) is 3.38. The zero-order chi connectivity index (χ0) is 14.9. The van der Waals surface area contributed by atoms with E-state index in [4.69, 9.17) is 4.42 Å². The van der Waals surface area contributed by atoms with E-state index in [0.717, 1.165) is 22.2 Å². The van der Waals surface area contributed by atoms with E-state index in [1.807, 2.05) is 49.4 Å². The highest BCUT2D eigenvalue weighted by molar-refractivity contribution is 8.00. The van der Waals surface area contributed by atoms with Crippen LogP contribution < -0.4 is 5.32 Å². The van der Waals surface area contributed by atoms with E-state index in [9.17, 15) is 4.79 Å². The maximum absolute atomic E-state index is 12.0. The lowest BCUT2D eigenvalue weighted by molar-refractivity contribution is -0.120. The second kappa shape index (κ2) is 8.85. The number of rotatable bonds is 8. The summed E-state index contributed by atoms with van der Waals surface area (Å²) in [6.07, 6.45) is 1.68. The van der Waals surface area contributed by atoms with Crippen molar-refractivity contribution >= 4 is 29.4 Å². The minimum Gasteiger partial charge on any atom is -0.468 e. The van der Waals surface area contributed by atoms with E-state index >= 15 is 0 Å². The molecule has 0 fully saturated rings. The lowest BCUT2D eigenvalue weighted by atomic mass is 10.4. The van der Waals surface area contributed by atoms with E-state index in [2.05, 4.69) is 5.32 Å². The quantitative estimate of drug-likeness (QED) is 0.593. The van der Waals surface area contributed by atoms with Crippen LogP contribution >= 0.6 is 23.5 Å². The Morgan fingerprint density at radius 2 is 2.05 bits per heavy atom. The molecule has 112 valence electrons. The van der Waals surface area contributed by atoms with Gasteiger partial charge in [-0.2, -0.15) is 11.8 Å². The molecule has 0 radical (unpaired) electrons. The molecule has 0 spiro atoms. The van der Waals surface area contributed by atoms with E-state index in [0.29, 0.717) is 6.54 Å². The fraction of sp³-hybridized carbons (Fsp3) is 0.312. The Bertz CT molecular complexity index is 528. The third kappa shape index (κ3) is 5.89. The van der Waals surface area contributed by atoms with Gasteiger partial charge in [0.05, 0.1) is 17.3 Å². The second-order valence-electron chi connectivity index (χ2n) is 4.50. The van der Waals surface area contributed by atoms with Crippen molar-refractivity contribution in [2.75, 3.05) is 12.3 Å². The average molecular weight is 321 g/mol. The van der Waals surface area contributed by atoms with Crippen LogP contribution in [0.4, 0.5) is 0 Å². The molecule has 2 rings (SSSR count). The Hall–Kier alpha value is -1.33. The van der Waals surface area contributed by atoms with Crippen molar-refractivity contribution in [1.29, 1.82) is 0 Å². The van der Waals surface area contributed by atoms with Crippen LogP contribution in [0, 0.1) is 0 Å². The molecule has 0 aliphatic carbocycles. The van der Waals surface area contributed by atoms with Gasteiger partial charge in [0.15, 0.2) is 0 Å². The molecule has 2 aromatic rings. The van der Waals surface area contributed by atoms with E-state index in [1.54, 1.807) is 29.8 Å². The third-order valence-electron chi connectivity index (χ3n) is 2.80. The predicted molar refractivity (Wildman–Crippen MR) is 89.6 cm³/mol. The van der Waals surface area contributed by atoms with E-state index in [1.165, 1.54) is 0 Å². The lowest BCUT2D eigenvalue weighted by Gasteiger charge is -2.11. The number of nitrogens with one attached hydrogen (secondary N) is 1. The van der Waals surface area contributed by atoms with Crippen LogP contribution in [0.25, 0.3) is 0 Å². The van der Waals surface area contributed by atoms with Crippen LogP contribution in [0.1, 0.15) is 12.7 Å². The Morgan fingerprint density at radius 3 is 2.76 bits per heavy atom. The van der Waals surface area contributed by atoms with Gasteiger partial charge in [-0.3, -0.25) is 4.79 Å². The van der Waals surface area contributed by atoms with E-state index < -0.39 is 0 Å². The Kier molecular flexibility index (Phi) is 6.76. The zero-order valence-electron chi connectivity index (χ0n) is 12.0. The molecular weight excluding hydrogens is 302 g/mol. The third-order valence-corrected chi connectivity index (χ3v) is 4.89. The van der Waals surface area contributed by atoms with Crippen LogP contribution in [0.15, 0.2) is 58.0 Å². The van der Waals surface area contributed by atoms with Crippen molar-refractivity contribution < 1.29 is 9.21 Å². The molecule has 1 N–H and O–H groups in total. The summed E-state index contributed by atoms with van der Waals surface area (Å²) >= 11 is 3.33. The minimum absolute atomic E-state index is 0.0810. The Balaban J connectivity index is 1.60. The standard InChI is InChI=1S/C16H19NO2S2/c1-13(21-15-7-3-2-4-8-15)16(18)17-9-11-20-12-14-6-5-10-19-14/h2-8,10,13H,9,11-12H2,1H3,(H,17,18)/t13-/m0/s1. The van der Waals surface area contributed by atoms with Crippen LogP contribution in [-0.4, -0.2) is 23.5 Å². The molecule has 0 unspecified atom stereocenters. The van der Waals surface area contributed by atoms with Gasteiger partial charge in [-0.05, 0) is 31.2 Å². The highest BCUT2D eigenvalue weighted by Crippen LogP contribution is 2.22. The zero-order valence-corrected chi connectivity index (χ0v) is 13.6. The van der Waals surface area contributed by atoms with Crippen LogP contribution in [0.5, 0.6) is 0 Å². The summed E-state index contributed by atoms with van der Waals surface area (Å²) in [5.41, 5.74) is 0. The monoisotopic (exact) mass is 321 g/mol. The van der Waals surface area contributed by atoms with Crippen LogP contribution in [-0.2, 0) is 10.5 Å². The molecule has 21 heavy (non-hydrogen) atoms. The van der Waals surface area contributed by atoms with E-state index in [-0.39, 0.29) is 11.2 Å². The van der Waals surface area contributed by atoms with Gasteiger partial charge in [0, 0.05) is 17.2 Å². The van der Waals surface area contributed by atoms with Crippen molar-refractivity contribution in [2.24, 2.45) is 0 Å². The summed E-state index contributed by atoms with van der Waals surface area (Å²) in [7, 11) is 0. The minimum atomic E-state index is -0.0810. The normalized spacial score (nSPS) is 12.0. The first-order valence-corrected chi connectivity index (χ1v) is 8.88. The Labute approximate surface area is 133 Å². The van der Waals surface area contributed by atoms with Crippen LogP contribution in [0.3, 0.4) is 0 Å². The van der Waals surface area contributed by atoms with Gasteiger partial charge >= 0.3 is 0 Å². The first-order chi connectivity index (χ1) is 10.3. The summed E-state index contributed by atoms with van der Waals surface area (Å²) in [4.78, 5) is 13.1. The molecular formula is C16H19NO2S2. The maximum Gasteiger partial charge on any atom is 0.233 e. The summed E-state index contributed by atoms with van der Waals surface area (Å²) in [6.45, 7) is 2.62. The molecule has 5 heteroatoms. The average Bonchev–Trinajstić information content (AvgIpc) is 3.01. The second-order valence-corrected chi connectivity index (χ2v) is 7.02. The van der Waals surface area contributed by atoms with Crippen LogP contribution in [0.2, 0.25) is 0 Å². The van der Waals surface area contributed by atoms with Gasteiger partial charge in [-0.1, -0.05) is 18.2 Å². The molecule has 0 aliphatic heterocycles. The van der Waals surface area contributed by atoms with Crippen molar-refractivity contribution in [3.63, 3.8) is 0 Å². The summed E-state index contributed by atoms with van der Waals surface area (Å²) in [5, 5.41) is 2.89. The molecule has 1 atom stereocenters. The molecule has 1 heterocycles. The molecule has 0 saturated heterocycles.